The van der Waals surface area contributed by atoms with Gasteiger partial charge in [0.2, 0.25) is 0 Å². The normalized spacial score (nSPS) is 10.8. The van der Waals surface area contributed by atoms with E-state index in [9.17, 15) is 4.79 Å². The lowest BCUT2D eigenvalue weighted by atomic mass is 10.1. The van der Waals surface area contributed by atoms with Crippen LogP contribution in [0.4, 0.5) is 0 Å². The Morgan fingerprint density at radius 1 is 0.900 bits per heavy atom. The first-order chi connectivity index (χ1) is 9.81. The van der Waals surface area contributed by atoms with Crippen LogP contribution < -0.4 is 4.57 Å². The lowest BCUT2D eigenvalue weighted by molar-refractivity contribution is -0.697. The van der Waals surface area contributed by atoms with Gasteiger partial charge in [0.1, 0.15) is 12.8 Å². The molecule has 0 unspecified atom stereocenters. The van der Waals surface area contributed by atoms with E-state index < -0.39 is 0 Å². The first-order valence-electron chi connectivity index (χ1n) is 7.04. The van der Waals surface area contributed by atoms with Gasteiger partial charge in [-0.05, 0) is 11.1 Å². The first-order valence-corrected chi connectivity index (χ1v) is 7.04. The van der Waals surface area contributed by atoms with E-state index in [1.807, 2.05) is 24.3 Å². The number of nitrogens with zero attached hydrogens (tertiary/aromatic N) is 1. The summed E-state index contributed by atoms with van der Waals surface area (Å²) in [6.45, 7) is 3.28. The largest absolute Gasteiger partial charge is 0.298 e. The van der Waals surface area contributed by atoms with Gasteiger partial charge in [0.25, 0.3) is 0 Å². The number of unbranched alkanes of at least 4 members (excludes halogenated alkanes) is 1. The molecule has 0 spiro atoms. The molecule has 0 amide bonds. The maximum Gasteiger partial charge on any atom is 0.169 e. The molecule has 1 heterocycles. The Bertz CT molecular complexity index is 567. The monoisotopic (exact) mass is 266 g/mol. The highest BCUT2D eigenvalue weighted by molar-refractivity contribution is 5.76. The zero-order chi connectivity index (χ0) is 14.2. The van der Waals surface area contributed by atoms with Gasteiger partial charge in [0, 0.05) is 24.1 Å². The molecule has 0 N–H and O–H groups in total. The maximum absolute atomic E-state index is 10.6. The highest BCUT2D eigenvalue weighted by Gasteiger charge is 1.98. The molecule has 0 atom stereocenters. The molecule has 0 aliphatic heterocycles. The molecule has 1 aromatic carbocycles. The summed E-state index contributed by atoms with van der Waals surface area (Å²) in [5.74, 6) is 0. The fourth-order valence-electron chi connectivity index (χ4n) is 1.95. The molecule has 0 saturated carbocycles. The average Bonchev–Trinajstić information content (AvgIpc) is 2.52. The fourth-order valence-corrected chi connectivity index (χ4v) is 1.95. The molecule has 102 valence electrons. The quantitative estimate of drug-likeness (QED) is 0.576. The van der Waals surface area contributed by atoms with E-state index in [0.29, 0.717) is 5.56 Å². The van der Waals surface area contributed by atoms with Crippen molar-refractivity contribution >= 4 is 18.4 Å². The molecule has 0 saturated heterocycles. The van der Waals surface area contributed by atoms with Crippen LogP contribution in [0.15, 0.2) is 48.8 Å². The summed E-state index contributed by atoms with van der Waals surface area (Å²) in [6.07, 6.45) is 11.7. The van der Waals surface area contributed by atoms with Gasteiger partial charge >= 0.3 is 0 Å². The van der Waals surface area contributed by atoms with Crippen molar-refractivity contribution in [2.45, 2.75) is 26.3 Å². The fraction of sp³-hybridized carbons (Fsp3) is 0.222. The molecular weight excluding hydrogens is 246 g/mol. The number of rotatable bonds is 6. The molecule has 2 rings (SSSR count). The molecule has 0 radical (unpaired) electrons. The molecule has 0 aliphatic rings. The smallest absolute Gasteiger partial charge is 0.169 e. The minimum absolute atomic E-state index is 0.707. The van der Waals surface area contributed by atoms with Crippen molar-refractivity contribution in [3.8, 4) is 0 Å². The Morgan fingerprint density at radius 2 is 1.45 bits per heavy atom. The van der Waals surface area contributed by atoms with E-state index in [2.05, 4.69) is 48.2 Å². The summed E-state index contributed by atoms with van der Waals surface area (Å²) in [5.41, 5.74) is 2.98. The topological polar surface area (TPSA) is 20.9 Å². The van der Waals surface area contributed by atoms with Crippen molar-refractivity contribution in [1.29, 1.82) is 0 Å². The standard InChI is InChI=1S/C18H20NO/c1-2-3-12-19-13-10-17(11-14-19)5-4-16-6-8-18(15-20)9-7-16/h4-11,13-15H,2-3,12H2,1H3/q+1. The zero-order valence-corrected chi connectivity index (χ0v) is 11.8. The third-order valence-electron chi connectivity index (χ3n) is 3.23. The first kappa shape index (κ1) is 14.2. The number of hydrogen-bond donors (Lipinski definition) is 0. The Kier molecular flexibility index (Phi) is 5.24. The minimum atomic E-state index is 0.707. The number of carbonyl (C=O) groups excluding carboxylic acids is 1. The molecule has 2 aromatic rings. The molecule has 0 aliphatic carbocycles. The van der Waals surface area contributed by atoms with Crippen molar-refractivity contribution in [2.75, 3.05) is 0 Å². The Morgan fingerprint density at radius 3 is 2.00 bits per heavy atom. The lowest BCUT2D eigenvalue weighted by Gasteiger charge is -1.97. The van der Waals surface area contributed by atoms with Crippen LogP contribution >= 0.6 is 0 Å². The van der Waals surface area contributed by atoms with Crippen LogP contribution in [0.5, 0.6) is 0 Å². The van der Waals surface area contributed by atoms with Crippen LogP contribution in [0.25, 0.3) is 12.2 Å². The highest BCUT2D eigenvalue weighted by atomic mass is 16.1. The van der Waals surface area contributed by atoms with E-state index in [-0.39, 0.29) is 0 Å². The summed E-state index contributed by atoms with van der Waals surface area (Å²) in [7, 11) is 0. The number of aldehydes is 1. The van der Waals surface area contributed by atoms with Gasteiger partial charge in [-0.3, -0.25) is 4.79 Å². The van der Waals surface area contributed by atoms with Crippen LogP contribution in [-0.2, 0) is 6.54 Å². The van der Waals surface area contributed by atoms with E-state index in [4.69, 9.17) is 0 Å². The Balaban J connectivity index is 2.01. The molecule has 0 bridgehead atoms. The van der Waals surface area contributed by atoms with Gasteiger partial charge < -0.3 is 0 Å². The van der Waals surface area contributed by atoms with Crippen molar-refractivity contribution in [3.63, 3.8) is 0 Å². The molecule has 0 fully saturated rings. The van der Waals surface area contributed by atoms with E-state index >= 15 is 0 Å². The number of carbonyl (C=O) groups is 1. The summed E-state index contributed by atoms with van der Waals surface area (Å²) in [4.78, 5) is 10.6. The van der Waals surface area contributed by atoms with Gasteiger partial charge in [-0.25, -0.2) is 4.57 Å². The molecule has 2 heteroatoms. The predicted octanol–water partition coefficient (Wildman–Crippen LogP) is 3.76. The minimum Gasteiger partial charge on any atom is -0.298 e. The predicted molar refractivity (Wildman–Crippen MR) is 82.3 cm³/mol. The summed E-state index contributed by atoms with van der Waals surface area (Å²) < 4.78 is 2.21. The van der Waals surface area contributed by atoms with Crippen LogP contribution in [-0.4, -0.2) is 6.29 Å². The SMILES string of the molecule is CCCC[n+]1ccc(C=Cc2ccc(C=O)cc2)cc1. The molecular formula is C18H20NO+. The second-order valence-electron chi connectivity index (χ2n) is 4.84. The van der Waals surface area contributed by atoms with Gasteiger partial charge in [0.05, 0.1) is 0 Å². The van der Waals surface area contributed by atoms with Gasteiger partial charge in [-0.1, -0.05) is 49.8 Å². The van der Waals surface area contributed by atoms with Crippen LogP contribution in [0.1, 0.15) is 41.3 Å². The summed E-state index contributed by atoms with van der Waals surface area (Å²) in [5, 5.41) is 0. The number of aryl methyl sites for hydroxylation is 1. The second-order valence-corrected chi connectivity index (χ2v) is 4.84. The third-order valence-corrected chi connectivity index (χ3v) is 3.23. The van der Waals surface area contributed by atoms with E-state index in [1.165, 1.54) is 18.4 Å². The number of hydrogen-bond acceptors (Lipinski definition) is 1. The lowest BCUT2D eigenvalue weighted by Crippen LogP contribution is -2.32. The average molecular weight is 266 g/mol. The third kappa shape index (κ3) is 4.16. The zero-order valence-electron chi connectivity index (χ0n) is 11.8. The number of pyridine rings is 1. The summed E-state index contributed by atoms with van der Waals surface area (Å²) in [6, 6.07) is 11.8. The highest BCUT2D eigenvalue weighted by Crippen LogP contribution is 2.08. The van der Waals surface area contributed by atoms with Crippen molar-refractivity contribution in [1.82, 2.24) is 0 Å². The summed E-state index contributed by atoms with van der Waals surface area (Å²) >= 11 is 0. The van der Waals surface area contributed by atoms with E-state index in [0.717, 1.165) is 18.4 Å². The second kappa shape index (κ2) is 7.39. The van der Waals surface area contributed by atoms with Crippen molar-refractivity contribution in [2.24, 2.45) is 0 Å². The number of aromatic nitrogens is 1. The molecule has 1 aromatic heterocycles. The van der Waals surface area contributed by atoms with Crippen molar-refractivity contribution < 1.29 is 9.36 Å². The maximum atomic E-state index is 10.6. The van der Waals surface area contributed by atoms with Gasteiger partial charge in [-0.15, -0.1) is 0 Å². The van der Waals surface area contributed by atoms with Crippen molar-refractivity contribution in [3.05, 3.63) is 65.5 Å². The molecule has 2 nitrogen and oxygen atoms in total. The number of benzene rings is 1. The van der Waals surface area contributed by atoms with Gasteiger partial charge in [-0.2, -0.15) is 0 Å². The Hall–Kier alpha value is -2.22. The Labute approximate surface area is 120 Å². The van der Waals surface area contributed by atoms with Gasteiger partial charge in [0.15, 0.2) is 12.4 Å². The van der Waals surface area contributed by atoms with Crippen LogP contribution in [0, 0.1) is 0 Å². The molecule has 20 heavy (non-hydrogen) atoms. The van der Waals surface area contributed by atoms with Crippen LogP contribution in [0.3, 0.4) is 0 Å². The van der Waals surface area contributed by atoms with E-state index in [1.54, 1.807) is 0 Å². The van der Waals surface area contributed by atoms with Crippen LogP contribution in [0.2, 0.25) is 0 Å².